The summed E-state index contributed by atoms with van der Waals surface area (Å²) in [6.07, 6.45) is 1.57. The van der Waals surface area contributed by atoms with Gasteiger partial charge in [-0.05, 0) is 6.07 Å². The van der Waals surface area contributed by atoms with Gasteiger partial charge in [0.2, 0.25) is 5.88 Å². The molecule has 0 atom stereocenters. The van der Waals surface area contributed by atoms with Crippen LogP contribution in [-0.4, -0.2) is 72.1 Å². The number of rotatable bonds is 6. The number of fused-ring (bicyclic) bond motifs is 1. The fraction of sp³-hybridized carbons (Fsp3) is 0.421. The fourth-order valence-corrected chi connectivity index (χ4v) is 4.35. The van der Waals surface area contributed by atoms with E-state index >= 15 is 0 Å². The second kappa shape index (κ2) is 9.86. The Labute approximate surface area is 187 Å². The summed E-state index contributed by atoms with van der Waals surface area (Å²) in [6.45, 7) is 3.70. The molecule has 3 aromatic rings. The minimum atomic E-state index is -0.757. The van der Waals surface area contributed by atoms with Crippen LogP contribution in [0.3, 0.4) is 0 Å². The smallest absolute Gasteiger partial charge is 0.267 e. The molecule has 12 heteroatoms. The predicted molar refractivity (Wildman–Crippen MR) is 115 cm³/mol. The average Bonchev–Trinajstić information content (AvgIpc) is 3.32. The van der Waals surface area contributed by atoms with Crippen molar-refractivity contribution >= 4 is 45.0 Å². The van der Waals surface area contributed by atoms with Gasteiger partial charge in [-0.2, -0.15) is 0 Å². The molecule has 0 saturated carbocycles. The molecule has 0 bridgehead atoms. The highest BCUT2D eigenvalue weighted by molar-refractivity contribution is 7.22. The van der Waals surface area contributed by atoms with Crippen molar-refractivity contribution in [2.45, 2.75) is 0 Å². The van der Waals surface area contributed by atoms with Crippen molar-refractivity contribution in [1.29, 1.82) is 0 Å². The molecule has 31 heavy (non-hydrogen) atoms. The molecule has 1 fully saturated rings. The normalized spacial score (nSPS) is 14.5. The van der Waals surface area contributed by atoms with Crippen LogP contribution < -0.4 is 9.64 Å². The lowest BCUT2D eigenvalue weighted by atomic mass is 10.3. The van der Waals surface area contributed by atoms with Gasteiger partial charge in [0.15, 0.2) is 10.9 Å². The summed E-state index contributed by atoms with van der Waals surface area (Å²) < 4.78 is 40.2. The predicted octanol–water partition coefficient (Wildman–Crippen LogP) is 2.72. The largest absolute Gasteiger partial charge is 0.479 e. The number of halogens is 3. The van der Waals surface area contributed by atoms with E-state index in [1.807, 2.05) is 0 Å². The van der Waals surface area contributed by atoms with Gasteiger partial charge in [0.05, 0.1) is 25.0 Å². The Morgan fingerprint density at radius 1 is 1.32 bits per heavy atom. The maximum atomic E-state index is 14.2. The van der Waals surface area contributed by atoms with Crippen LogP contribution in [-0.2, 0) is 11.8 Å². The summed E-state index contributed by atoms with van der Waals surface area (Å²) in [5, 5.41) is 4.43. The highest BCUT2D eigenvalue weighted by Gasteiger charge is 2.27. The summed E-state index contributed by atoms with van der Waals surface area (Å²) >= 11 is 1.07. The molecule has 2 aromatic heterocycles. The lowest BCUT2D eigenvalue weighted by molar-refractivity contribution is 0.0391. The van der Waals surface area contributed by atoms with Crippen molar-refractivity contribution in [3.05, 3.63) is 35.5 Å². The first-order chi connectivity index (χ1) is 14.5. The Bertz CT molecular complexity index is 1070. The number of thiazole rings is 1. The monoisotopic (exact) mass is 473 g/mol. The Morgan fingerprint density at radius 3 is 2.77 bits per heavy atom. The van der Waals surface area contributed by atoms with Crippen molar-refractivity contribution in [3.63, 3.8) is 0 Å². The molecule has 168 valence electrons. The molecule has 1 aromatic carbocycles. The van der Waals surface area contributed by atoms with E-state index in [0.717, 1.165) is 30.5 Å². The number of ether oxygens (including phenoxy) is 2. The number of hydrogen-bond acceptors (Lipinski definition) is 7. The van der Waals surface area contributed by atoms with Gasteiger partial charge in [0, 0.05) is 45.5 Å². The molecule has 0 N–H and O–H groups in total. The van der Waals surface area contributed by atoms with Crippen LogP contribution in [0.25, 0.3) is 10.2 Å². The van der Waals surface area contributed by atoms with Crippen LogP contribution in [0.5, 0.6) is 5.88 Å². The van der Waals surface area contributed by atoms with Gasteiger partial charge in [-0.25, -0.2) is 13.8 Å². The number of aromatic nitrogens is 3. The number of methoxy groups -OCH3 is 1. The van der Waals surface area contributed by atoms with Gasteiger partial charge in [0.1, 0.15) is 16.9 Å². The first-order valence-corrected chi connectivity index (χ1v) is 10.2. The van der Waals surface area contributed by atoms with Crippen LogP contribution >= 0.6 is 23.7 Å². The van der Waals surface area contributed by atoms with E-state index < -0.39 is 11.6 Å². The van der Waals surface area contributed by atoms with Crippen LogP contribution in [0.15, 0.2) is 18.3 Å². The molecular formula is C19H22ClF2N5O3S. The van der Waals surface area contributed by atoms with E-state index in [-0.39, 0.29) is 35.3 Å². The maximum absolute atomic E-state index is 14.2. The number of carbonyl (C=O) groups is 1. The van der Waals surface area contributed by atoms with Crippen molar-refractivity contribution < 1.29 is 23.0 Å². The number of nitrogens with zero attached hydrogens (tertiary/aromatic N) is 5. The lowest BCUT2D eigenvalue weighted by Gasteiger charge is -2.29. The average molecular weight is 474 g/mol. The van der Waals surface area contributed by atoms with Crippen LogP contribution in [0, 0.1) is 11.6 Å². The second-order valence-electron chi connectivity index (χ2n) is 6.87. The first kappa shape index (κ1) is 23.3. The molecule has 1 aliphatic heterocycles. The molecular weight excluding hydrogens is 452 g/mol. The van der Waals surface area contributed by atoms with Gasteiger partial charge >= 0.3 is 0 Å². The molecule has 0 spiro atoms. The zero-order valence-electron chi connectivity index (χ0n) is 17.0. The van der Waals surface area contributed by atoms with Crippen LogP contribution in [0.4, 0.5) is 13.9 Å². The first-order valence-electron chi connectivity index (χ1n) is 9.41. The molecule has 4 rings (SSSR count). The van der Waals surface area contributed by atoms with E-state index in [9.17, 15) is 13.6 Å². The molecule has 1 saturated heterocycles. The van der Waals surface area contributed by atoms with Crippen molar-refractivity contribution in [2.24, 2.45) is 7.05 Å². The number of morpholine rings is 1. The van der Waals surface area contributed by atoms with Crippen molar-refractivity contribution in [2.75, 3.05) is 51.4 Å². The second-order valence-corrected chi connectivity index (χ2v) is 7.88. The SMILES string of the molecule is COc1nn(C)cc1C(=O)N(CCN1CCOCC1)c1nc2c(F)cc(F)cc2s1.Cl. The van der Waals surface area contributed by atoms with Crippen molar-refractivity contribution in [1.82, 2.24) is 19.7 Å². The van der Waals surface area contributed by atoms with E-state index in [4.69, 9.17) is 9.47 Å². The van der Waals surface area contributed by atoms with Gasteiger partial charge in [-0.15, -0.1) is 17.5 Å². The highest BCUT2D eigenvalue weighted by Crippen LogP contribution is 2.32. The summed E-state index contributed by atoms with van der Waals surface area (Å²) in [4.78, 5) is 21.3. The van der Waals surface area contributed by atoms with E-state index in [2.05, 4.69) is 15.0 Å². The summed E-state index contributed by atoms with van der Waals surface area (Å²) in [5.74, 6) is -1.62. The summed E-state index contributed by atoms with van der Waals surface area (Å²) in [5.41, 5.74) is 0.312. The Kier molecular flexibility index (Phi) is 7.42. The number of amides is 1. The Hall–Kier alpha value is -2.34. The number of benzene rings is 1. The third-order valence-corrected chi connectivity index (χ3v) is 5.87. The summed E-state index contributed by atoms with van der Waals surface area (Å²) in [7, 11) is 3.13. The van der Waals surface area contributed by atoms with Gasteiger partial charge < -0.3 is 9.47 Å². The highest BCUT2D eigenvalue weighted by atomic mass is 35.5. The third-order valence-electron chi connectivity index (χ3n) is 4.84. The molecule has 0 radical (unpaired) electrons. The minimum absolute atomic E-state index is 0. The number of anilines is 1. The molecule has 8 nitrogen and oxygen atoms in total. The maximum Gasteiger partial charge on any atom is 0.267 e. The van der Waals surface area contributed by atoms with E-state index in [0.29, 0.717) is 36.1 Å². The van der Waals surface area contributed by atoms with Crippen LogP contribution in [0.2, 0.25) is 0 Å². The lowest BCUT2D eigenvalue weighted by Crippen LogP contribution is -2.43. The summed E-state index contributed by atoms with van der Waals surface area (Å²) in [6, 6.07) is 2.00. The third kappa shape index (κ3) is 4.95. The number of hydrogen-bond donors (Lipinski definition) is 0. The standard InChI is InChI=1S/C19H21F2N5O3S.ClH/c1-24-11-13(17(23-24)28-2)18(27)26(4-3-25-5-7-29-8-6-25)19-22-16-14(21)9-12(20)10-15(16)30-19;/h9-11H,3-8H2,1-2H3;1H. The topological polar surface area (TPSA) is 72.7 Å². The van der Waals surface area contributed by atoms with Crippen molar-refractivity contribution in [3.8, 4) is 5.88 Å². The number of aryl methyl sites for hydroxylation is 1. The zero-order chi connectivity index (χ0) is 21.3. The van der Waals surface area contributed by atoms with E-state index in [1.54, 1.807) is 13.2 Å². The van der Waals surface area contributed by atoms with Crippen LogP contribution in [0.1, 0.15) is 10.4 Å². The van der Waals surface area contributed by atoms with Gasteiger partial charge in [-0.3, -0.25) is 19.3 Å². The number of carbonyl (C=O) groups excluding carboxylic acids is 1. The molecule has 0 unspecified atom stereocenters. The molecule has 0 aliphatic carbocycles. The minimum Gasteiger partial charge on any atom is -0.479 e. The van der Waals surface area contributed by atoms with Gasteiger partial charge in [-0.1, -0.05) is 11.3 Å². The zero-order valence-corrected chi connectivity index (χ0v) is 18.6. The van der Waals surface area contributed by atoms with Gasteiger partial charge in [0.25, 0.3) is 5.91 Å². The molecule has 3 heterocycles. The fourth-order valence-electron chi connectivity index (χ4n) is 3.32. The molecule has 1 aliphatic rings. The quantitative estimate of drug-likeness (QED) is 0.548. The Balaban J connectivity index is 0.00000272. The Morgan fingerprint density at radius 2 is 2.06 bits per heavy atom. The molecule has 1 amide bonds. The van der Waals surface area contributed by atoms with E-state index in [1.165, 1.54) is 22.8 Å².